The van der Waals surface area contributed by atoms with Crippen LogP contribution in [0.5, 0.6) is 11.5 Å². The predicted octanol–water partition coefficient (Wildman–Crippen LogP) is 6.11. The number of aryl methyl sites for hydroxylation is 1. The van der Waals surface area contributed by atoms with E-state index >= 15 is 0 Å². The van der Waals surface area contributed by atoms with E-state index in [1.807, 2.05) is 37.3 Å². The maximum atomic E-state index is 12.6. The van der Waals surface area contributed by atoms with E-state index in [0.717, 1.165) is 22.4 Å². The van der Waals surface area contributed by atoms with Gasteiger partial charge in [-0.3, -0.25) is 14.9 Å². The third kappa shape index (κ3) is 6.45. The van der Waals surface area contributed by atoms with Gasteiger partial charge in [-0.25, -0.2) is 4.99 Å². The monoisotopic (exact) mass is 515 g/mol. The maximum absolute atomic E-state index is 12.6. The Morgan fingerprint density at radius 3 is 2.65 bits per heavy atom. The van der Waals surface area contributed by atoms with Crippen LogP contribution in [-0.2, 0) is 17.8 Å². The number of carbonyl (C=O) groups excluding carboxylic acids is 1. The molecule has 1 amide bonds. The quantitative estimate of drug-likeness (QED) is 0.160. The van der Waals surface area contributed by atoms with Crippen molar-refractivity contribution in [3.8, 4) is 11.5 Å². The molecular formula is C28H25N3O5S. The average Bonchev–Trinajstić information content (AvgIpc) is 3.22. The van der Waals surface area contributed by atoms with Crippen molar-refractivity contribution in [2.75, 3.05) is 7.11 Å². The van der Waals surface area contributed by atoms with Crippen LogP contribution in [0.2, 0.25) is 0 Å². The summed E-state index contributed by atoms with van der Waals surface area (Å²) in [6.45, 7) is 5.96. The number of ether oxygens (including phenoxy) is 2. The van der Waals surface area contributed by atoms with Gasteiger partial charge in [0.05, 0.1) is 22.6 Å². The number of rotatable bonds is 9. The molecule has 0 aromatic heterocycles. The number of nitrogens with one attached hydrogen (secondary N) is 1. The van der Waals surface area contributed by atoms with Crippen LogP contribution in [0.1, 0.15) is 22.3 Å². The lowest BCUT2D eigenvalue weighted by Crippen LogP contribution is -2.19. The lowest BCUT2D eigenvalue weighted by molar-refractivity contribution is -0.384. The van der Waals surface area contributed by atoms with E-state index in [0.29, 0.717) is 33.6 Å². The first-order chi connectivity index (χ1) is 17.9. The molecule has 1 aliphatic heterocycles. The molecule has 3 aromatic rings. The molecule has 0 saturated carbocycles. The number of hydrogen-bond donors (Lipinski definition) is 1. The van der Waals surface area contributed by atoms with E-state index in [1.54, 1.807) is 30.4 Å². The van der Waals surface area contributed by atoms with Gasteiger partial charge in [-0.05, 0) is 66.6 Å². The number of nitro benzene ring substituents is 1. The van der Waals surface area contributed by atoms with Crippen LogP contribution >= 0.6 is 11.8 Å². The fourth-order valence-corrected chi connectivity index (χ4v) is 4.52. The highest BCUT2D eigenvalue weighted by molar-refractivity contribution is 8.18. The predicted molar refractivity (Wildman–Crippen MR) is 146 cm³/mol. The highest BCUT2D eigenvalue weighted by Gasteiger charge is 2.24. The molecule has 9 heteroatoms. The molecule has 0 atom stereocenters. The van der Waals surface area contributed by atoms with Crippen molar-refractivity contribution in [3.63, 3.8) is 0 Å². The summed E-state index contributed by atoms with van der Waals surface area (Å²) < 4.78 is 11.6. The number of amides is 1. The fourth-order valence-electron chi connectivity index (χ4n) is 3.67. The van der Waals surface area contributed by atoms with E-state index in [4.69, 9.17) is 9.47 Å². The highest BCUT2D eigenvalue weighted by atomic mass is 32.2. The van der Waals surface area contributed by atoms with Gasteiger partial charge in [-0.1, -0.05) is 35.9 Å². The topological polar surface area (TPSA) is 103 Å². The van der Waals surface area contributed by atoms with Gasteiger partial charge in [0.15, 0.2) is 16.7 Å². The van der Waals surface area contributed by atoms with Crippen LogP contribution in [0, 0.1) is 17.0 Å². The van der Waals surface area contributed by atoms with E-state index in [9.17, 15) is 14.9 Å². The minimum atomic E-state index is -0.441. The van der Waals surface area contributed by atoms with Gasteiger partial charge in [0.2, 0.25) is 0 Å². The molecule has 1 fully saturated rings. The zero-order valence-electron chi connectivity index (χ0n) is 20.4. The number of amidine groups is 1. The standard InChI is InChI=1S/C28H25N3O5S/c1-4-6-21-13-20(16-25-27(32)30-28(37-25)29-22-11-9-18(2)10-12-22)15-24(35-3)26(21)36-17-19-7-5-8-23(14-19)31(33)34/h4-5,7-16H,1,6,17H2,2-3H3,(H,29,30,32)/b25-16+. The third-order valence-electron chi connectivity index (χ3n) is 5.46. The number of aliphatic imine (C=N–C) groups is 1. The van der Waals surface area contributed by atoms with Gasteiger partial charge < -0.3 is 14.8 Å². The first-order valence-electron chi connectivity index (χ1n) is 11.4. The molecule has 0 spiro atoms. The molecule has 1 aliphatic rings. The lowest BCUT2D eigenvalue weighted by atomic mass is 10.0. The molecule has 1 saturated heterocycles. The fraction of sp³-hybridized carbons (Fsp3) is 0.143. The Balaban J connectivity index is 1.59. The van der Waals surface area contributed by atoms with Crippen LogP contribution in [0.3, 0.4) is 0 Å². The Hall–Kier alpha value is -4.37. The van der Waals surface area contributed by atoms with Crippen molar-refractivity contribution in [2.24, 2.45) is 4.99 Å². The Labute approximate surface area is 218 Å². The molecule has 3 aromatic carbocycles. The van der Waals surface area contributed by atoms with Crippen LogP contribution in [0.15, 0.2) is 83.2 Å². The van der Waals surface area contributed by atoms with Gasteiger partial charge in [0.1, 0.15) is 6.61 Å². The van der Waals surface area contributed by atoms with Crippen LogP contribution in [-0.4, -0.2) is 23.1 Å². The number of benzene rings is 3. The summed E-state index contributed by atoms with van der Waals surface area (Å²) in [5.41, 5.74) is 4.11. The SMILES string of the molecule is C=CCc1cc(/C=C2/SC(=Nc3ccc(C)cc3)NC2=O)cc(OC)c1OCc1cccc([N+](=O)[O-])c1. The Kier molecular flexibility index (Phi) is 8.05. The van der Waals surface area contributed by atoms with Crippen LogP contribution in [0.25, 0.3) is 6.08 Å². The molecule has 0 bridgehead atoms. The first-order valence-corrected chi connectivity index (χ1v) is 12.2. The average molecular weight is 516 g/mol. The molecule has 188 valence electrons. The molecule has 4 rings (SSSR count). The van der Waals surface area contributed by atoms with Gasteiger partial charge in [0, 0.05) is 17.7 Å². The zero-order chi connectivity index (χ0) is 26.4. The molecule has 0 unspecified atom stereocenters. The highest BCUT2D eigenvalue weighted by Crippen LogP contribution is 2.36. The largest absolute Gasteiger partial charge is 0.493 e. The summed E-state index contributed by atoms with van der Waals surface area (Å²) in [7, 11) is 1.54. The normalized spacial score (nSPS) is 15.0. The number of allylic oxidation sites excluding steroid dienone is 1. The van der Waals surface area contributed by atoms with E-state index in [-0.39, 0.29) is 18.2 Å². The van der Waals surface area contributed by atoms with Crippen molar-refractivity contribution >= 4 is 40.3 Å². The zero-order valence-corrected chi connectivity index (χ0v) is 21.2. The molecule has 37 heavy (non-hydrogen) atoms. The second-order valence-electron chi connectivity index (χ2n) is 8.24. The van der Waals surface area contributed by atoms with Crippen molar-refractivity contribution in [2.45, 2.75) is 20.0 Å². The molecule has 1 N–H and O–H groups in total. The van der Waals surface area contributed by atoms with Crippen molar-refractivity contribution in [3.05, 3.63) is 111 Å². The van der Waals surface area contributed by atoms with Crippen molar-refractivity contribution < 1.29 is 19.2 Å². The Bertz CT molecular complexity index is 1410. The number of thioether (sulfide) groups is 1. The number of nitro groups is 1. The van der Waals surface area contributed by atoms with Gasteiger partial charge in [-0.2, -0.15) is 0 Å². The van der Waals surface area contributed by atoms with Crippen LogP contribution in [0.4, 0.5) is 11.4 Å². The Morgan fingerprint density at radius 2 is 1.95 bits per heavy atom. The summed E-state index contributed by atoms with van der Waals surface area (Å²) in [5.74, 6) is 0.765. The Morgan fingerprint density at radius 1 is 1.16 bits per heavy atom. The first kappa shape index (κ1) is 25.7. The number of carbonyl (C=O) groups is 1. The number of nitrogens with zero attached hydrogens (tertiary/aromatic N) is 2. The van der Waals surface area contributed by atoms with E-state index < -0.39 is 4.92 Å². The minimum absolute atomic E-state index is 0.000945. The summed E-state index contributed by atoms with van der Waals surface area (Å²) in [5, 5.41) is 14.4. The minimum Gasteiger partial charge on any atom is -0.493 e. The van der Waals surface area contributed by atoms with Gasteiger partial charge >= 0.3 is 0 Å². The summed E-state index contributed by atoms with van der Waals surface area (Å²) in [4.78, 5) is 28.3. The second kappa shape index (κ2) is 11.6. The van der Waals surface area contributed by atoms with Gasteiger partial charge in [0.25, 0.3) is 11.6 Å². The second-order valence-corrected chi connectivity index (χ2v) is 9.27. The maximum Gasteiger partial charge on any atom is 0.269 e. The molecule has 0 aliphatic carbocycles. The molecule has 1 heterocycles. The summed E-state index contributed by atoms with van der Waals surface area (Å²) >= 11 is 1.26. The van der Waals surface area contributed by atoms with Crippen LogP contribution < -0.4 is 14.8 Å². The molecular weight excluding hydrogens is 490 g/mol. The molecule has 8 nitrogen and oxygen atoms in total. The van der Waals surface area contributed by atoms with Crippen molar-refractivity contribution in [1.29, 1.82) is 0 Å². The van der Waals surface area contributed by atoms with Gasteiger partial charge in [-0.15, -0.1) is 6.58 Å². The third-order valence-corrected chi connectivity index (χ3v) is 6.37. The van der Waals surface area contributed by atoms with E-state index in [2.05, 4.69) is 16.9 Å². The lowest BCUT2D eigenvalue weighted by Gasteiger charge is -2.16. The number of non-ortho nitro benzene ring substituents is 1. The molecule has 0 radical (unpaired) electrons. The summed E-state index contributed by atoms with van der Waals surface area (Å²) in [6.07, 6.45) is 4.02. The summed E-state index contributed by atoms with van der Waals surface area (Å²) in [6, 6.07) is 17.7. The number of hydrogen-bond acceptors (Lipinski definition) is 7. The smallest absolute Gasteiger partial charge is 0.269 e. The van der Waals surface area contributed by atoms with Crippen molar-refractivity contribution in [1.82, 2.24) is 5.32 Å². The van der Waals surface area contributed by atoms with E-state index in [1.165, 1.54) is 31.0 Å². The number of methoxy groups -OCH3 is 1.